The number of nitrogens with one attached hydrogen (secondary N) is 1. The zero-order valence-corrected chi connectivity index (χ0v) is 18.3. The molecule has 0 bridgehead atoms. The molecule has 3 aromatic carbocycles. The van der Waals surface area contributed by atoms with Crippen LogP contribution in [0.1, 0.15) is 33.4 Å². The lowest BCUT2D eigenvalue weighted by Gasteiger charge is -2.16. The van der Waals surface area contributed by atoms with Gasteiger partial charge in [-0.2, -0.15) is 0 Å². The summed E-state index contributed by atoms with van der Waals surface area (Å²) < 4.78 is 0. The number of amides is 2. The van der Waals surface area contributed by atoms with Crippen LogP contribution in [0.4, 0.5) is 5.69 Å². The zero-order chi connectivity index (χ0) is 22.1. The topological polar surface area (TPSA) is 49.4 Å². The third-order valence-electron chi connectivity index (χ3n) is 5.75. The van der Waals surface area contributed by atoms with E-state index in [0.717, 1.165) is 39.1 Å². The molecule has 0 saturated carbocycles. The van der Waals surface area contributed by atoms with Gasteiger partial charge in [-0.1, -0.05) is 65.7 Å². The molecule has 156 valence electrons. The second-order valence-corrected chi connectivity index (χ2v) is 8.22. The number of benzene rings is 3. The van der Waals surface area contributed by atoms with Crippen LogP contribution in [0.25, 0.3) is 5.57 Å². The van der Waals surface area contributed by atoms with Gasteiger partial charge in [0.2, 0.25) is 0 Å². The maximum atomic E-state index is 13.4. The largest absolute Gasteiger partial charge is 0.350 e. The lowest BCUT2D eigenvalue weighted by Crippen LogP contribution is -2.32. The van der Waals surface area contributed by atoms with Gasteiger partial charge in [0, 0.05) is 5.69 Å². The van der Waals surface area contributed by atoms with Gasteiger partial charge >= 0.3 is 0 Å². The number of rotatable bonds is 5. The Morgan fingerprint density at radius 1 is 0.710 bits per heavy atom. The van der Waals surface area contributed by atoms with Crippen molar-refractivity contribution >= 4 is 23.1 Å². The Morgan fingerprint density at radius 3 is 1.94 bits per heavy atom. The third kappa shape index (κ3) is 4.15. The molecule has 4 rings (SSSR count). The summed E-state index contributed by atoms with van der Waals surface area (Å²) in [5.74, 6) is -0.581. The lowest BCUT2D eigenvalue weighted by molar-refractivity contribution is -0.137. The van der Waals surface area contributed by atoms with E-state index in [1.54, 1.807) is 0 Å². The number of hydrogen-bond donors (Lipinski definition) is 1. The first-order valence-corrected chi connectivity index (χ1v) is 10.4. The fourth-order valence-electron chi connectivity index (χ4n) is 3.66. The summed E-state index contributed by atoms with van der Waals surface area (Å²) in [5.41, 5.74) is 7.68. The van der Waals surface area contributed by atoms with Gasteiger partial charge in [-0.25, -0.2) is 0 Å². The Bertz CT molecular complexity index is 1190. The average Bonchev–Trinajstić information content (AvgIpc) is 2.97. The van der Waals surface area contributed by atoms with E-state index >= 15 is 0 Å². The summed E-state index contributed by atoms with van der Waals surface area (Å²) in [5, 5.41) is 3.22. The second kappa shape index (κ2) is 8.23. The van der Waals surface area contributed by atoms with Gasteiger partial charge in [0.15, 0.2) is 0 Å². The highest BCUT2D eigenvalue weighted by molar-refractivity contribution is 6.36. The molecule has 4 nitrogen and oxygen atoms in total. The van der Waals surface area contributed by atoms with Gasteiger partial charge < -0.3 is 5.32 Å². The van der Waals surface area contributed by atoms with E-state index in [1.807, 2.05) is 94.4 Å². The van der Waals surface area contributed by atoms with Crippen LogP contribution < -0.4 is 5.32 Å². The monoisotopic (exact) mass is 410 g/mol. The van der Waals surface area contributed by atoms with Gasteiger partial charge in [-0.15, -0.1) is 0 Å². The minimum Gasteiger partial charge on any atom is -0.350 e. The van der Waals surface area contributed by atoms with Gasteiger partial charge in [-0.05, 0) is 62.1 Å². The number of carbonyl (C=O) groups is 2. The number of hydrogen-bond acceptors (Lipinski definition) is 3. The van der Waals surface area contributed by atoms with Crippen molar-refractivity contribution in [1.29, 1.82) is 0 Å². The van der Waals surface area contributed by atoms with Crippen LogP contribution in [-0.2, 0) is 16.1 Å². The Morgan fingerprint density at radius 2 is 1.32 bits per heavy atom. The normalized spacial score (nSPS) is 13.9. The Labute approximate surface area is 183 Å². The molecule has 0 spiro atoms. The summed E-state index contributed by atoms with van der Waals surface area (Å²) >= 11 is 0. The molecule has 1 heterocycles. The van der Waals surface area contributed by atoms with Gasteiger partial charge in [0.05, 0.1) is 12.1 Å². The second-order valence-electron chi connectivity index (χ2n) is 8.22. The summed E-state index contributed by atoms with van der Waals surface area (Å²) in [4.78, 5) is 28.1. The molecule has 0 fully saturated rings. The average molecular weight is 411 g/mol. The number of imide groups is 1. The van der Waals surface area contributed by atoms with Crippen molar-refractivity contribution in [2.75, 3.05) is 5.32 Å². The summed E-state index contributed by atoms with van der Waals surface area (Å²) in [6.45, 7) is 8.31. The smallest absolute Gasteiger partial charge is 0.278 e. The molecule has 1 aliphatic heterocycles. The number of anilines is 1. The Balaban J connectivity index is 1.75. The highest BCUT2D eigenvalue weighted by Crippen LogP contribution is 2.32. The standard InChI is InChI=1S/C27H26N2O2/c1-17-5-10-21(11-6-17)16-29-26(30)24(22-12-9-19(3)20(4)15-22)25(27(29)31)28-23-13-7-18(2)8-14-23/h5-15,28H,16H2,1-4H3. The molecule has 0 atom stereocenters. The fourth-order valence-corrected chi connectivity index (χ4v) is 3.66. The van der Waals surface area contributed by atoms with Crippen LogP contribution in [0.2, 0.25) is 0 Å². The van der Waals surface area contributed by atoms with Crippen molar-refractivity contribution in [3.05, 3.63) is 106 Å². The van der Waals surface area contributed by atoms with E-state index in [-0.39, 0.29) is 18.4 Å². The van der Waals surface area contributed by atoms with Gasteiger partial charge in [-0.3, -0.25) is 14.5 Å². The van der Waals surface area contributed by atoms with Crippen molar-refractivity contribution in [2.24, 2.45) is 0 Å². The summed E-state index contributed by atoms with van der Waals surface area (Å²) in [6, 6.07) is 21.6. The van der Waals surface area contributed by atoms with Crippen molar-refractivity contribution in [2.45, 2.75) is 34.2 Å². The Hall–Kier alpha value is -3.66. The number of carbonyl (C=O) groups excluding carboxylic acids is 2. The van der Waals surface area contributed by atoms with Crippen LogP contribution in [0.15, 0.2) is 72.4 Å². The van der Waals surface area contributed by atoms with Crippen molar-refractivity contribution < 1.29 is 9.59 Å². The first-order valence-electron chi connectivity index (χ1n) is 10.4. The van der Waals surface area contributed by atoms with E-state index in [2.05, 4.69) is 5.32 Å². The van der Waals surface area contributed by atoms with E-state index in [0.29, 0.717) is 11.3 Å². The molecule has 1 N–H and O–H groups in total. The van der Waals surface area contributed by atoms with E-state index < -0.39 is 0 Å². The van der Waals surface area contributed by atoms with E-state index in [9.17, 15) is 9.59 Å². The molecule has 0 radical (unpaired) electrons. The quantitative estimate of drug-likeness (QED) is 0.580. The summed E-state index contributed by atoms with van der Waals surface area (Å²) in [7, 11) is 0. The molecule has 0 unspecified atom stereocenters. The molecular formula is C27H26N2O2. The van der Waals surface area contributed by atoms with Crippen LogP contribution in [-0.4, -0.2) is 16.7 Å². The minimum absolute atomic E-state index is 0.241. The number of aryl methyl sites for hydroxylation is 4. The highest BCUT2D eigenvalue weighted by Gasteiger charge is 2.39. The predicted octanol–water partition coefficient (Wildman–Crippen LogP) is 5.31. The predicted molar refractivity (Wildman–Crippen MR) is 124 cm³/mol. The van der Waals surface area contributed by atoms with Crippen molar-refractivity contribution in [3.63, 3.8) is 0 Å². The van der Waals surface area contributed by atoms with Gasteiger partial charge in [0.1, 0.15) is 5.70 Å². The molecule has 1 aliphatic rings. The molecule has 2 amide bonds. The molecule has 31 heavy (non-hydrogen) atoms. The first kappa shape index (κ1) is 20.6. The minimum atomic E-state index is -0.306. The fraction of sp³-hybridized carbons (Fsp3) is 0.185. The number of nitrogens with zero attached hydrogens (tertiary/aromatic N) is 1. The van der Waals surface area contributed by atoms with Crippen molar-refractivity contribution in [1.82, 2.24) is 4.90 Å². The van der Waals surface area contributed by atoms with Crippen LogP contribution in [0.3, 0.4) is 0 Å². The first-order chi connectivity index (χ1) is 14.8. The van der Waals surface area contributed by atoms with Gasteiger partial charge in [0.25, 0.3) is 11.8 Å². The molecule has 4 heteroatoms. The maximum Gasteiger partial charge on any atom is 0.278 e. The maximum absolute atomic E-state index is 13.4. The summed E-state index contributed by atoms with van der Waals surface area (Å²) in [6.07, 6.45) is 0. The lowest BCUT2D eigenvalue weighted by atomic mass is 9.99. The van der Waals surface area contributed by atoms with E-state index in [4.69, 9.17) is 0 Å². The van der Waals surface area contributed by atoms with Crippen molar-refractivity contribution in [3.8, 4) is 0 Å². The van der Waals surface area contributed by atoms with Crippen LogP contribution in [0.5, 0.6) is 0 Å². The molecule has 0 aliphatic carbocycles. The molecule has 3 aromatic rings. The molecule has 0 aromatic heterocycles. The third-order valence-corrected chi connectivity index (χ3v) is 5.75. The molecule has 0 saturated heterocycles. The van der Waals surface area contributed by atoms with E-state index in [1.165, 1.54) is 4.90 Å². The molecular weight excluding hydrogens is 384 g/mol. The zero-order valence-electron chi connectivity index (χ0n) is 18.3. The SMILES string of the molecule is Cc1ccc(CN2C(=O)C(Nc3ccc(C)cc3)=C(c3ccc(C)c(C)c3)C2=O)cc1. The van der Waals surface area contributed by atoms with Crippen LogP contribution >= 0.6 is 0 Å². The van der Waals surface area contributed by atoms with Crippen LogP contribution in [0, 0.1) is 27.7 Å². The highest BCUT2D eigenvalue weighted by atomic mass is 16.2. The Kier molecular flexibility index (Phi) is 5.47.